The van der Waals surface area contributed by atoms with Crippen molar-refractivity contribution in [3.8, 4) is 5.75 Å². The van der Waals surface area contributed by atoms with Crippen molar-refractivity contribution in [1.29, 1.82) is 0 Å². The fourth-order valence-electron chi connectivity index (χ4n) is 2.07. The molecule has 0 spiro atoms. The Morgan fingerprint density at radius 2 is 1.90 bits per heavy atom. The summed E-state index contributed by atoms with van der Waals surface area (Å²) in [6, 6.07) is 11.9. The van der Waals surface area contributed by atoms with Crippen LogP contribution in [0.25, 0.3) is 0 Å². The fourth-order valence-corrected chi connectivity index (χ4v) is 3.37. The predicted molar refractivity (Wildman–Crippen MR) is 82.9 cm³/mol. The van der Waals surface area contributed by atoms with E-state index in [0.717, 1.165) is 5.56 Å². The van der Waals surface area contributed by atoms with Crippen LogP contribution in [-0.4, -0.2) is 15.5 Å². The number of para-hydroxylation sites is 2. The fraction of sp³-hybridized carbons (Fsp3) is 0.200. The summed E-state index contributed by atoms with van der Waals surface area (Å²) in [4.78, 5) is 0.227. The molecule has 0 saturated carbocycles. The molecule has 0 aliphatic rings. The summed E-state index contributed by atoms with van der Waals surface area (Å²) in [5, 5.41) is 0. The second-order valence-corrected chi connectivity index (χ2v) is 6.26. The molecule has 0 heterocycles. The normalized spacial score (nSPS) is 11.2. The van der Waals surface area contributed by atoms with Crippen molar-refractivity contribution in [2.75, 3.05) is 11.8 Å². The van der Waals surface area contributed by atoms with E-state index >= 15 is 0 Å². The molecule has 0 radical (unpaired) electrons. The molecule has 0 atom stereocenters. The van der Waals surface area contributed by atoms with Gasteiger partial charge in [-0.2, -0.15) is 0 Å². The molecule has 2 aromatic rings. The van der Waals surface area contributed by atoms with Gasteiger partial charge in [0.25, 0.3) is 10.0 Å². The van der Waals surface area contributed by atoms with E-state index in [1.165, 1.54) is 7.11 Å². The first-order valence-electron chi connectivity index (χ1n) is 6.43. The molecule has 21 heavy (non-hydrogen) atoms. The Labute approximate surface area is 124 Å². The number of hydrogen-bond acceptors (Lipinski definition) is 4. The van der Waals surface area contributed by atoms with E-state index < -0.39 is 10.0 Å². The number of anilines is 1. The van der Waals surface area contributed by atoms with Gasteiger partial charge in [0.2, 0.25) is 0 Å². The zero-order chi connectivity index (χ0) is 15.5. The Bertz CT molecular complexity index is 742. The zero-order valence-electron chi connectivity index (χ0n) is 12.0. The Kier molecular flexibility index (Phi) is 4.50. The molecular weight excluding hydrogens is 288 g/mol. The molecular formula is C15H18N2O3S. The van der Waals surface area contributed by atoms with Gasteiger partial charge in [0.05, 0.1) is 17.7 Å². The van der Waals surface area contributed by atoms with E-state index in [9.17, 15) is 8.42 Å². The quantitative estimate of drug-likeness (QED) is 0.888. The van der Waals surface area contributed by atoms with Gasteiger partial charge >= 0.3 is 0 Å². The molecule has 0 unspecified atom stereocenters. The predicted octanol–water partition coefficient (Wildman–Crippen LogP) is 2.26. The molecule has 5 nitrogen and oxygen atoms in total. The van der Waals surface area contributed by atoms with Crippen LogP contribution in [0.2, 0.25) is 0 Å². The summed E-state index contributed by atoms with van der Waals surface area (Å²) in [6.45, 7) is 2.12. The van der Waals surface area contributed by atoms with E-state index in [4.69, 9.17) is 10.5 Å². The van der Waals surface area contributed by atoms with Crippen molar-refractivity contribution in [3.63, 3.8) is 0 Å². The van der Waals surface area contributed by atoms with Crippen LogP contribution in [0.1, 0.15) is 11.1 Å². The number of hydrogen-bond donors (Lipinski definition) is 2. The van der Waals surface area contributed by atoms with Crippen LogP contribution in [0.4, 0.5) is 5.69 Å². The molecule has 6 heteroatoms. The summed E-state index contributed by atoms with van der Waals surface area (Å²) < 4.78 is 32.7. The zero-order valence-corrected chi connectivity index (χ0v) is 12.8. The van der Waals surface area contributed by atoms with Crippen LogP contribution < -0.4 is 15.2 Å². The van der Waals surface area contributed by atoms with Crippen LogP contribution in [0, 0.1) is 6.92 Å². The minimum Gasteiger partial charge on any atom is -0.495 e. The molecule has 2 aromatic carbocycles. The van der Waals surface area contributed by atoms with Crippen LogP contribution in [0.15, 0.2) is 47.4 Å². The molecule has 0 aromatic heterocycles. The summed E-state index contributed by atoms with van der Waals surface area (Å²) in [6.07, 6.45) is 0. The van der Waals surface area contributed by atoms with Crippen molar-refractivity contribution in [2.45, 2.75) is 18.4 Å². The third-order valence-electron chi connectivity index (χ3n) is 3.12. The number of methoxy groups -OCH3 is 1. The molecule has 2 rings (SSSR count). The molecule has 0 saturated heterocycles. The van der Waals surface area contributed by atoms with E-state index in [-0.39, 0.29) is 4.90 Å². The van der Waals surface area contributed by atoms with Gasteiger partial charge in [0, 0.05) is 6.54 Å². The maximum Gasteiger partial charge on any atom is 0.262 e. The molecule has 0 bridgehead atoms. The maximum absolute atomic E-state index is 12.5. The highest BCUT2D eigenvalue weighted by Crippen LogP contribution is 2.27. The lowest BCUT2D eigenvalue weighted by Gasteiger charge is -2.13. The Hall–Kier alpha value is -2.05. The summed E-state index contributed by atoms with van der Waals surface area (Å²) in [5.74, 6) is 0.470. The van der Waals surface area contributed by atoms with Crippen LogP contribution in [-0.2, 0) is 16.6 Å². The maximum atomic E-state index is 12.5. The first-order valence-corrected chi connectivity index (χ1v) is 7.91. The highest BCUT2D eigenvalue weighted by atomic mass is 32.2. The smallest absolute Gasteiger partial charge is 0.262 e. The molecule has 112 valence electrons. The van der Waals surface area contributed by atoms with Gasteiger partial charge in [-0.05, 0) is 36.2 Å². The number of aryl methyl sites for hydroxylation is 1. The van der Waals surface area contributed by atoms with Gasteiger partial charge in [-0.15, -0.1) is 0 Å². The highest BCUT2D eigenvalue weighted by Gasteiger charge is 2.18. The Morgan fingerprint density at radius 1 is 1.19 bits per heavy atom. The van der Waals surface area contributed by atoms with Crippen molar-refractivity contribution in [1.82, 2.24) is 0 Å². The van der Waals surface area contributed by atoms with Crippen LogP contribution in [0.5, 0.6) is 5.75 Å². The van der Waals surface area contributed by atoms with Crippen LogP contribution in [0.3, 0.4) is 0 Å². The average Bonchev–Trinajstić information content (AvgIpc) is 2.47. The molecule has 0 aliphatic heterocycles. The Morgan fingerprint density at radius 3 is 2.52 bits per heavy atom. The molecule has 3 N–H and O–H groups in total. The van der Waals surface area contributed by atoms with Crippen molar-refractivity contribution < 1.29 is 13.2 Å². The highest BCUT2D eigenvalue weighted by molar-refractivity contribution is 7.92. The third-order valence-corrected chi connectivity index (χ3v) is 4.64. The first-order chi connectivity index (χ1) is 9.97. The number of nitrogens with one attached hydrogen (secondary N) is 1. The van der Waals surface area contributed by atoms with Crippen molar-refractivity contribution in [3.05, 3.63) is 53.6 Å². The average molecular weight is 306 g/mol. The first kappa shape index (κ1) is 15.3. The van der Waals surface area contributed by atoms with E-state index in [0.29, 0.717) is 23.5 Å². The second-order valence-electron chi connectivity index (χ2n) is 4.61. The lowest BCUT2D eigenvalue weighted by Crippen LogP contribution is -2.15. The second kappa shape index (κ2) is 6.15. The van der Waals surface area contributed by atoms with E-state index in [1.54, 1.807) is 49.4 Å². The number of ether oxygens (including phenoxy) is 1. The van der Waals surface area contributed by atoms with Gasteiger partial charge in [0.15, 0.2) is 0 Å². The molecule has 0 amide bonds. The molecule has 0 fully saturated rings. The Balaban J connectivity index is 2.39. The monoisotopic (exact) mass is 306 g/mol. The summed E-state index contributed by atoms with van der Waals surface area (Å²) in [7, 11) is -2.18. The van der Waals surface area contributed by atoms with Gasteiger partial charge in [0.1, 0.15) is 5.75 Å². The molecule has 0 aliphatic carbocycles. The minimum atomic E-state index is -3.67. The van der Waals surface area contributed by atoms with E-state index in [1.807, 2.05) is 0 Å². The number of rotatable bonds is 5. The van der Waals surface area contributed by atoms with Crippen molar-refractivity contribution in [2.24, 2.45) is 5.73 Å². The van der Waals surface area contributed by atoms with Gasteiger partial charge < -0.3 is 10.5 Å². The minimum absolute atomic E-state index is 0.227. The SMILES string of the molecule is COc1ccccc1NS(=O)(=O)c1ccc(CN)cc1C. The summed E-state index contributed by atoms with van der Waals surface area (Å²) >= 11 is 0. The topological polar surface area (TPSA) is 81.4 Å². The standard InChI is InChI=1S/C15H18N2O3S/c1-11-9-12(10-16)7-8-15(11)21(18,19)17-13-5-3-4-6-14(13)20-2/h3-9,17H,10,16H2,1-2H3. The van der Waals surface area contributed by atoms with E-state index in [2.05, 4.69) is 4.72 Å². The number of nitrogens with two attached hydrogens (primary N) is 1. The third kappa shape index (κ3) is 3.34. The largest absolute Gasteiger partial charge is 0.495 e. The number of benzene rings is 2. The van der Waals surface area contributed by atoms with Crippen LogP contribution >= 0.6 is 0 Å². The van der Waals surface area contributed by atoms with Gasteiger partial charge in [-0.3, -0.25) is 4.72 Å². The lowest BCUT2D eigenvalue weighted by atomic mass is 10.1. The van der Waals surface area contributed by atoms with Crippen molar-refractivity contribution >= 4 is 15.7 Å². The summed E-state index contributed by atoms with van der Waals surface area (Å²) in [5.41, 5.74) is 7.51. The lowest BCUT2D eigenvalue weighted by molar-refractivity contribution is 0.417. The van der Waals surface area contributed by atoms with Gasteiger partial charge in [-0.25, -0.2) is 8.42 Å². The van der Waals surface area contributed by atoms with Gasteiger partial charge in [-0.1, -0.05) is 24.3 Å². The number of sulfonamides is 1.